The minimum absolute atomic E-state index is 0.222. The van der Waals surface area contributed by atoms with Crippen LogP contribution in [0.5, 0.6) is 5.75 Å². The molecule has 2 atom stereocenters. The average molecular weight is 319 g/mol. The molecule has 0 unspecified atom stereocenters. The molecule has 126 valence electrons. The molecule has 23 heavy (non-hydrogen) atoms. The molecule has 0 heterocycles. The first-order valence-electron chi connectivity index (χ1n) is 8.38. The van der Waals surface area contributed by atoms with Gasteiger partial charge in [-0.15, -0.1) is 0 Å². The lowest BCUT2D eigenvalue weighted by molar-refractivity contribution is -0.142. The van der Waals surface area contributed by atoms with Gasteiger partial charge in [-0.05, 0) is 43.5 Å². The van der Waals surface area contributed by atoms with E-state index in [0.29, 0.717) is 18.6 Å². The summed E-state index contributed by atoms with van der Waals surface area (Å²) in [7, 11) is 0. The van der Waals surface area contributed by atoms with E-state index >= 15 is 0 Å². The fourth-order valence-corrected chi connectivity index (χ4v) is 2.92. The number of hydrogen-bond donors (Lipinski definition) is 2. The molecule has 1 saturated carbocycles. The molecule has 1 aliphatic carbocycles. The van der Waals surface area contributed by atoms with E-state index in [1.54, 1.807) is 24.3 Å². The first-order valence-corrected chi connectivity index (χ1v) is 8.38. The summed E-state index contributed by atoms with van der Waals surface area (Å²) in [6.45, 7) is 2.83. The molecule has 1 aromatic rings. The monoisotopic (exact) mass is 319 g/mol. The Bertz CT molecular complexity index is 526. The van der Waals surface area contributed by atoms with Crippen molar-refractivity contribution in [2.75, 3.05) is 6.61 Å². The van der Waals surface area contributed by atoms with E-state index in [1.165, 1.54) is 0 Å². The summed E-state index contributed by atoms with van der Waals surface area (Å²) < 4.78 is 5.62. The molecule has 0 radical (unpaired) electrons. The second kappa shape index (κ2) is 8.56. The molecule has 2 N–H and O–H groups in total. The van der Waals surface area contributed by atoms with E-state index in [0.717, 1.165) is 37.9 Å². The number of benzene rings is 1. The number of hydrogen-bond acceptors (Lipinski definition) is 3. The average Bonchev–Trinajstić information content (AvgIpc) is 3.00. The standard InChI is InChI=1S/C18H25NO4/c1-2-3-4-12-23-14-10-8-13(9-11-14)17(20)19-16-7-5-6-15(16)18(21)22/h8-11,15-16H,2-7,12H2,1H3,(H,19,20)(H,21,22)/t15-,16+/m0/s1. The molecule has 5 nitrogen and oxygen atoms in total. The maximum absolute atomic E-state index is 12.2. The van der Waals surface area contributed by atoms with Crippen LogP contribution in [0, 0.1) is 5.92 Å². The lowest BCUT2D eigenvalue weighted by Crippen LogP contribution is -2.40. The summed E-state index contributed by atoms with van der Waals surface area (Å²) in [6, 6.07) is 6.73. The molecular formula is C18H25NO4. The van der Waals surface area contributed by atoms with Crippen LogP contribution in [0.4, 0.5) is 0 Å². The normalized spacial score (nSPS) is 20.2. The lowest BCUT2D eigenvalue weighted by atomic mass is 10.0. The number of nitrogens with one attached hydrogen (secondary N) is 1. The van der Waals surface area contributed by atoms with Crippen LogP contribution >= 0.6 is 0 Å². The molecular weight excluding hydrogens is 294 g/mol. The number of ether oxygens (including phenoxy) is 1. The van der Waals surface area contributed by atoms with Gasteiger partial charge in [0.15, 0.2) is 0 Å². The van der Waals surface area contributed by atoms with Gasteiger partial charge in [-0.1, -0.05) is 26.2 Å². The van der Waals surface area contributed by atoms with Gasteiger partial charge in [0.25, 0.3) is 5.91 Å². The van der Waals surface area contributed by atoms with Gasteiger partial charge < -0.3 is 15.2 Å². The highest BCUT2D eigenvalue weighted by molar-refractivity contribution is 5.94. The Morgan fingerprint density at radius 3 is 2.61 bits per heavy atom. The highest BCUT2D eigenvalue weighted by Gasteiger charge is 2.33. The molecule has 1 amide bonds. The number of carbonyl (C=O) groups excluding carboxylic acids is 1. The second-order valence-electron chi connectivity index (χ2n) is 6.04. The summed E-state index contributed by atoms with van der Waals surface area (Å²) >= 11 is 0. The molecule has 0 spiro atoms. The van der Waals surface area contributed by atoms with Crippen LogP contribution in [-0.2, 0) is 4.79 Å². The smallest absolute Gasteiger partial charge is 0.308 e. The number of amides is 1. The van der Waals surface area contributed by atoms with E-state index in [-0.39, 0.29) is 11.9 Å². The van der Waals surface area contributed by atoms with E-state index in [2.05, 4.69) is 12.2 Å². The zero-order valence-electron chi connectivity index (χ0n) is 13.6. The van der Waals surface area contributed by atoms with Crippen molar-refractivity contribution >= 4 is 11.9 Å². The molecule has 1 fully saturated rings. The Balaban J connectivity index is 1.86. The predicted octanol–water partition coefficient (Wildman–Crippen LogP) is 3.24. The number of unbranched alkanes of at least 4 members (excludes halogenated alkanes) is 2. The minimum atomic E-state index is -0.830. The third-order valence-corrected chi connectivity index (χ3v) is 4.28. The van der Waals surface area contributed by atoms with E-state index < -0.39 is 11.9 Å². The second-order valence-corrected chi connectivity index (χ2v) is 6.04. The Hall–Kier alpha value is -2.04. The van der Waals surface area contributed by atoms with Crippen LogP contribution in [0.15, 0.2) is 24.3 Å². The number of carboxylic acid groups (broad SMARTS) is 1. The van der Waals surface area contributed by atoms with Gasteiger partial charge in [0, 0.05) is 11.6 Å². The highest BCUT2D eigenvalue weighted by atomic mass is 16.5. The first kappa shape index (κ1) is 17.3. The van der Waals surface area contributed by atoms with E-state index in [4.69, 9.17) is 9.84 Å². The van der Waals surface area contributed by atoms with Crippen molar-refractivity contribution in [3.8, 4) is 5.75 Å². The van der Waals surface area contributed by atoms with Crippen LogP contribution in [0.25, 0.3) is 0 Å². The molecule has 0 saturated heterocycles. The maximum atomic E-state index is 12.2. The van der Waals surface area contributed by atoms with Gasteiger partial charge in [-0.25, -0.2) is 0 Å². The van der Waals surface area contributed by atoms with E-state index in [9.17, 15) is 9.59 Å². The van der Waals surface area contributed by atoms with Gasteiger partial charge >= 0.3 is 5.97 Å². The Morgan fingerprint density at radius 2 is 1.96 bits per heavy atom. The Labute approximate surface area is 137 Å². The van der Waals surface area contributed by atoms with Crippen molar-refractivity contribution in [1.29, 1.82) is 0 Å². The van der Waals surface area contributed by atoms with Crippen LogP contribution in [-0.4, -0.2) is 29.6 Å². The van der Waals surface area contributed by atoms with Crippen molar-refractivity contribution in [2.24, 2.45) is 5.92 Å². The fourth-order valence-electron chi connectivity index (χ4n) is 2.92. The van der Waals surface area contributed by atoms with Crippen LogP contribution in [0.2, 0.25) is 0 Å². The topological polar surface area (TPSA) is 75.6 Å². The fraction of sp³-hybridized carbons (Fsp3) is 0.556. The zero-order valence-corrected chi connectivity index (χ0v) is 13.6. The van der Waals surface area contributed by atoms with Gasteiger partial charge in [0.1, 0.15) is 5.75 Å². The zero-order chi connectivity index (χ0) is 16.7. The highest BCUT2D eigenvalue weighted by Crippen LogP contribution is 2.26. The van der Waals surface area contributed by atoms with Crippen molar-refractivity contribution in [2.45, 2.75) is 51.5 Å². The largest absolute Gasteiger partial charge is 0.494 e. The van der Waals surface area contributed by atoms with E-state index in [1.807, 2.05) is 0 Å². The third kappa shape index (κ3) is 4.98. The Morgan fingerprint density at radius 1 is 1.22 bits per heavy atom. The molecule has 2 rings (SSSR count). The van der Waals surface area contributed by atoms with Crippen LogP contribution in [0.3, 0.4) is 0 Å². The molecule has 1 aliphatic rings. The number of carbonyl (C=O) groups is 2. The lowest BCUT2D eigenvalue weighted by Gasteiger charge is -2.17. The number of rotatable bonds is 8. The minimum Gasteiger partial charge on any atom is -0.494 e. The summed E-state index contributed by atoms with van der Waals surface area (Å²) in [5, 5.41) is 12.0. The maximum Gasteiger partial charge on any atom is 0.308 e. The summed E-state index contributed by atoms with van der Waals surface area (Å²) in [4.78, 5) is 23.4. The summed E-state index contributed by atoms with van der Waals surface area (Å²) in [6.07, 6.45) is 5.52. The molecule has 1 aromatic carbocycles. The van der Waals surface area contributed by atoms with Gasteiger partial charge in [0.05, 0.1) is 12.5 Å². The number of aliphatic carboxylic acids is 1. The summed E-state index contributed by atoms with van der Waals surface area (Å²) in [5.41, 5.74) is 0.530. The van der Waals surface area contributed by atoms with Crippen molar-refractivity contribution < 1.29 is 19.4 Å². The predicted molar refractivity (Wildman–Crippen MR) is 87.7 cm³/mol. The van der Waals surface area contributed by atoms with Gasteiger partial charge in [-0.3, -0.25) is 9.59 Å². The third-order valence-electron chi connectivity index (χ3n) is 4.28. The van der Waals surface area contributed by atoms with Crippen LogP contribution < -0.4 is 10.1 Å². The van der Waals surface area contributed by atoms with Crippen molar-refractivity contribution in [3.63, 3.8) is 0 Å². The summed E-state index contributed by atoms with van der Waals surface area (Å²) in [5.74, 6) is -0.772. The Kier molecular flexibility index (Phi) is 6.44. The molecule has 0 aromatic heterocycles. The number of carboxylic acids is 1. The van der Waals surface area contributed by atoms with Crippen molar-refractivity contribution in [3.05, 3.63) is 29.8 Å². The quantitative estimate of drug-likeness (QED) is 0.721. The van der Waals surface area contributed by atoms with Gasteiger partial charge in [-0.2, -0.15) is 0 Å². The SMILES string of the molecule is CCCCCOc1ccc(C(=O)N[C@@H]2CCC[C@@H]2C(=O)O)cc1. The first-order chi connectivity index (χ1) is 11.1. The van der Waals surface area contributed by atoms with Gasteiger partial charge in [0.2, 0.25) is 0 Å². The van der Waals surface area contributed by atoms with Crippen LogP contribution in [0.1, 0.15) is 55.8 Å². The molecule has 5 heteroatoms. The van der Waals surface area contributed by atoms with Crippen molar-refractivity contribution in [1.82, 2.24) is 5.32 Å². The molecule has 0 bridgehead atoms. The molecule has 0 aliphatic heterocycles.